The summed E-state index contributed by atoms with van der Waals surface area (Å²) in [7, 11) is 0. The summed E-state index contributed by atoms with van der Waals surface area (Å²) in [6.07, 6.45) is 3.64. The van der Waals surface area contributed by atoms with Crippen LogP contribution in [0.4, 0.5) is 0 Å². The van der Waals surface area contributed by atoms with E-state index in [1.54, 1.807) is 18.3 Å². The van der Waals surface area contributed by atoms with Gasteiger partial charge in [-0.3, -0.25) is 15.6 Å². The van der Waals surface area contributed by atoms with Crippen molar-refractivity contribution in [2.75, 3.05) is 0 Å². The molecule has 0 radical (unpaired) electrons. The molecule has 31 heavy (non-hydrogen) atoms. The number of carboxylic acids is 1. The van der Waals surface area contributed by atoms with Crippen molar-refractivity contribution in [3.05, 3.63) is 71.5 Å². The highest BCUT2D eigenvalue weighted by Crippen LogP contribution is 2.29. The van der Waals surface area contributed by atoms with Crippen LogP contribution in [-0.4, -0.2) is 32.1 Å². The number of pyridine rings is 1. The molecule has 0 amide bonds. The number of imidazole rings is 1. The lowest BCUT2D eigenvalue weighted by atomic mass is 10.1. The Morgan fingerprint density at radius 2 is 1.58 bits per heavy atom. The highest BCUT2D eigenvalue weighted by Gasteiger charge is 2.13. The number of nitrogens with one attached hydrogen (secondary N) is 2. The smallest absolute Gasteiger partial charge is 0.300 e. The first-order valence-corrected chi connectivity index (χ1v) is 9.24. The SMILES string of the molecule is CC(=O)O.Cc1cc(C(=N)N)cn2cc(-c3ccc(-c4ccc(C(=N)N)cc4)o3)nc12. The fourth-order valence-electron chi connectivity index (χ4n) is 2.98. The lowest BCUT2D eigenvalue weighted by Crippen LogP contribution is -2.12. The van der Waals surface area contributed by atoms with Gasteiger partial charge in [0.15, 0.2) is 5.76 Å². The summed E-state index contributed by atoms with van der Waals surface area (Å²) in [5.41, 5.74) is 15.7. The number of nitrogen functional groups attached to an aromatic ring is 2. The molecule has 158 valence electrons. The minimum Gasteiger partial charge on any atom is -0.481 e. The zero-order valence-electron chi connectivity index (χ0n) is 17.0. The minimum atomic E-state index is -0.833. The van der Waals surface area contributed by atoms with Gasteiger partial charge in [-0.15, -0.1) is 0 Å². The lowest BCUT2D eigenvalue weighted by molar-refractivity contribution is -0.134. The van der Waals surface area contributed by atoms with E-state index in [1.807, 2.05) is 47.9 Å². The van der Waals surface area contributed by atoms with Crippen molar-refractivity contribution >= 4 is 23.3 Å². The van der Waals surface area contributed by atoms with Gasteiger partial charge >= 0.3 is 0 Å². The standard InChI is InChI=1S/C20H18N6O.C2H4O2/c1-11-8-14(19(23)24)9-26-10-15(25-20(11)26)17-7-6-16(27-17)12-2-4-13(5-3-12)18(21)22;1-2(3)4/h2-10H,1H3,(H3,21,22)(H3,23,24);1H3,(H,3,4). The predicted octanol–water partition coefficient (Wildman–Crippen LogP) is 3.23. The Bertz CT molecular complexity index is 1280. The molecule has 0 saturated heterocycles. The molecule has 3 aromatic heterocycles. The molecule has 0 unspecified atom stereocenters. The topological polar surface area (TPSA) is 167 Å². The molecule has 0 fully saturated rings. The maximum absolute atomic E-state index is 9.00. The first-order chi connectivity index (χ1) is 14.7. The van der Waals surface area contributed by atoms with Crippen LogP contribution in [0.3, 0.4) is 0 Å². The molecule has 0 spiro atoms. The number of furan rings is 1. The van der Waals surface area contributed by atoms with E-state index in [0.717, 1.165) is 23.7 Å². The van der Waals surface area contributed by atoms with Crippen molar-refractivity contribution in [2.24, 2.45) is 11.5 Å². The van der Waals surface area contributed by atoms with E-state index < -0.39 is 5.97 Å². The minimum absolute atomic E-state index is 0.0181. The summed E-state index contributed by atoms with van der Waals surface area (Å²) in [4.78, 5) is 13.6. The van der Waals surface area contributed by atoms with E-state index in [-0.39, 0.29) is 11.7 Å². The molecule has 0 aliphatic carbocycles. The van der Waals surface area contributed by atoms with Gasteiger partial charge in [-0.2, -0.15) is 0 Å². The lowest BCUT2D eigenvalue weighted by Gasteiger charge is -2.02. The van der Waals surface area contributed by atoms with Gasteiger partial charge < -0.3 is 25.4 Å². The van der Waals surface area contributed by atoms with Gasteiger partial charge in [0.05, 0.1) is 0 Å². The number of hydrogen-bond donors (Lipinski definition) is 5. The van der Waals surface area contributed by atoms with Crippen molar-refractivity contribution in [3.63, 3.8) is 0 Å². The number of benzene rings is 1. The molecule has 4 aromatic rings. The van der Waals surface area contributed by atoms with Crippen molar-refractivity contribution in [3.8, 4) is 22.8 Å². The van der Waals surface area contributed by atoms with Gasteiger partial charge in [-0.25, -0.2) is 4.98 Å². The van der Waals surface area contributed by atoms with Crippen LogP contribution in [0.2, 0.25) is 0 Å². The molecule has 0 saturated carbocycles. The number of carbonyl (C=O) groups is 1. The Morgan fingerprint density at radius 1 is 1.00 bits per heavy atom. The molecule has 4 rings (SSSR count). The van der Waals surface area contributed by atoms with Gasteiger partial charge in [0.2, 0.25) is 0 Å². The first-order valence-electron chi connectivity index (χ1n) is 9.24. The van der Waals surface area contributed by atoms with E-state index in [2.05, 4.69) is 4.98 Å². The second-order valence-corrected chi connectivity index (χ2v) is 6.86. The number of hydrogen-bond acceptors (Lipinski definition) is 5. The van der Waals surface area contributed by atoms with E-state index in [1.165, 1.54) is 0 Å². The third-order valence-corrected chi connectivity index (χ3v) is 4.39. The Morgan fingerprint density at radius 3 is 2.16 bits per heavy atom. The first kappa shape index (κ1) is 21.3. The number of aryl methyl sites for hydroxylation is 1. The number of aromatic nitrogens is 2. The molecule has 0 aliphatic heterocycles. The third kappa shape index (κ3) is 4.78. The summed E-state index contributed by atoms with van der Waals surface area (Å²) in [6, 6.07) is 12.9. The fraction of sp³-hybridized carbons (Fsp3) is 0.0909. The van der Waals surface area contributed by atoms with Crippen LogP contribution in [0.15, 0.2) is 59.3 Å². The van der Waals surface area contributed by atoms with Crippen LogP contribution >= 0.6 is 0 Å². The monoisotopic (exact) mass is 418 g/mol. The largest absolute Gasteiger partial charge is 0.481 e. The second-order valence-electron chi connectivity index (χ2n) is 6.86. The maximum atomic E-state index is 9.00. The number of rotatable bonds is 4. The average Bonchev–Trinajstić information content (AvgIpc) is 3.35. The van der Waals surface area contributed by atoms with Crippen molar-refractivity contribution in [1.82, 2.24) is 9.38 Å². The van der Waals surface area contributed by atoms with Crippen LogP contribution in [0.1, 0.15) is 23.6 Å². The number of amidine groups is 2. The molecule has 0 atom stereocenters. The van der Waals surface area contributed by atoms with E-state index >= 15 is 0 Å². The van der Waals surface area contributed by atoms with Crippen LogP contribution in [0.25, 0.3) is 28.4 Å². The van der Waals surface area contributed by atoms with Crippen LogP contribution in [-0.2, 0) is 4.79 Å². The number of fused-ring (bicyclic) bond motifs is 1. The highest BCUT2D eigenvalue weighted by molar-refractivity contribution is 5.95. The van der Waals surface area contributed by atoms with E-state index in [0.29, 0.717) is 28.3 Å². The van der Waals surface area contributed by atoms with Crippen molar-refractivity contribution in [2.45, 2.75) is 13.8 Å². The molecule has 3 heterocycles. The molecule has 0 bridgehead atoms. The number of aliphatic carboxylic acids is 1. The van der Waals surface area contributed by atoms with Crippen molar-refractivity contribution < 1.29 is 14.3 Å². The zero-order chi connectivity index (χ0) is 22.7. The van der Waals surface area contributed by atoms with Gasteiger partial charge in [-0.1, -0.05) is 24.3 Å². The Balaban J connectivity index is 0.000000628. The summed E-state index contributed by atoms with van der Waals surface area (Å²) >= 11 is 0. The Hall–Kier alpha value is -4.40. The van der Waals surface area contributed by atoms with Crippen LogP contribution in [0, 0.1) is 17.7 Å². The summed E-state index contributed by atoms with van der Waals surface area (Å²) in [5.74, 6) is 0.572. The number of carboxylic acid groups (broad SMARTS) is 1. The maximum Gasteiger partial charge on any atom is 0.300 e. The van der Waals surface area contributed by atoms with Crippen LogP contribution in [0.5, 0.6) is 0 Å². The predicted molar refractivity (Wildman–Crippen MR) is 118 cm³/mol. The van der Waals surface area contributed by atoms with Gasteiger partial charge in [0, 0.05) is 36.0 Å². The second kappa shape index (κ2) is 8.54. The molecule has 9 nitrogen and oxygen atoms in total. The number of nitrogens with zero attached hydrogens (tertiary/aromatic N) is 2. The molecule has 9 heteroatoms. The van der Waals surface area contributed by atoms with Crippen molar-refractivity contribution in [1.29, 1.82) is 10.8 Å². The fourth-order valence-corrected chi connectivity index (χ4v) is 2.98. The normalized spacial score (nSPS) is 10.4. The van der Waals surface area contributed by atoms with Crippen LogP contribution < -0.4 is 11.5 Å². The third-order valence-electron chi connectivity index (χ3n) is 4.39. The van der Waals surface area contributed by atoms with E-state index in [9.17, 15) is 0 Å². The van der Waals surface area contributed by atoms with Gasteiger partial charge in [0.25, 0.3) is 5.97 Å². The average molecular weight is 418 g/mol. The van der Waals surface area contributed by atoms with Gasteiger partial charge in [-0.05, 0) is 30.7 Å². The zero-order valence-corrected chi connectivity index (χ0v) is 17.0. The molecular formula is C22H22N6O3. The molecule has 0 aliphatic rings. The van der Waals surface area contributed by atoms with E-state index in [4.69, 9.17) is 36.6 Å². The Kier molecular flexibility index (Phi) is 5.87. The highest BCUT2D eigenvalue weighted by atomic mass is 16.4. The quantitative estimate of drug-likeness (QED) is 0.252. The number of nitrogens with two attached hydrogens (primary N) is 2. The molecule has 1 aromatic carbocycles. The summed E-state index contributed by atoms with van der Waals surface area (Å²) < 4.78 is 7.83. The summed E-state index contributed by atoms with van der Waals surface area (Å²) in [5, 5.41) is 22.5. The molecule has 7 N–H and O–H groups in total. The Labute approximate surface area is 178 Å². The summed E-state index contributed by atoms with van der Waals surface area (Å²) in [6.45, 7) is 3.02. The van der Waals surface area contributed by atoms with Gasteiger partial charge in [0.1, 0.15) is 28.8 Å². The molecular weight excluding hydrogens is 396 g/mol.